The summed E-state index contributed by atoms with van der Waals surface area (Å²) in [7, 11) is 1.57. The fourth-order valence-corrected chi connectivity index (χ4v) is 4.62. The van der Waals surface area contributed by atoms with Crippen LogP contribution in [0.15, 0.2) is 48.5 Å². The number of carboxylic acid groups (broad SMARTS) is 1. The Kier molecular flexibility index (Phi) is 10.2. The van der Waals surface area contributed by atoms with Gasteiger partial charge in [0.05, 0.1) is 31.4 Å². The van der Waals surface area contributed by atoms with Crippen molar-refractivity contribution in [1.29, 1.82) is 0 Å². The van der Waals surface area contributed by atoms with Gasteiger partial charge in [-0.25, -0.2) is 9.07 Å². The molecule has 0 aliphatic heterocycles. The number of carboxylic acids is 1. The maximum absolute atomic E-state index is 13.9. The van der Waals surface area contributed by atoms with E-state index in [0.717, 1.165) is 0 Å². The lowest BCUT2D eigenvalue weighted by Crippen LogP contribution is -2.31. The third kappa shape index (κ3) is 7.42. The lowest BCUT2D eigenvalue weighted by Gasteiger charge is -2.21. The number of nitrogens with zero attached hydrogens (tertiary/aromatic N) is 3. The van der Waals surface area contributed by atoms with E-state index in [9.17, 15) is 24.2 Å². The van der Waals surface area contributed by atoms with E-state index in [4.69, 9.17) is 14.9 Å². The predicted molar refractivity (Wildman–Crippen MR) is 145 cm³/mol. The molecule has 3 rings (SSSR count). The smallest absolute Gasteiger partial charge is 0.305 e. The van der Waals surface area contributed by atoms with E-state index in [0.29, 0.717) is 41.3 Å². The zero-order valence-electron chi connectivity index (χ0n) is 22.7. The number of ether oxygens (including phenoxy) is 1. The number of aromatic nitrogens is 2. The van der Waals surface area contributed by atoms with Gasteiger partial charge in [-0.15, -0.1) is 0 Å². The van der Waals surface area contributed by atoms with E-state index >= 15 is 0 Å². The molecule has 2 aromatic carbocycles. The van der Waals surface area contributed by atoms with Crippen LogP contribution in [0.5, 0.6) is 5.75 Å². The number of carbonyl (C=O) groups is 2. The highest BCUT2D eigenvalue weighted by Gasteiger charge is 2.29. The summed E-state index contributed by atoms with van der Waals surface area (Å²) in [4.78, 5) is 26.4. The summed E-state index contributed by atoms with van der Waals surface area (Å²) in [5, 5.41) is 34.1. The van der Waals surface area contributed by atoms with Gasteiger partial charge in [0.1, 0.15) is 11.6 Å². The van der Waals surface area contributed by atoms with Crippen molar-refractivity contribution in [3.05, 3.63) is 71.3 Å². The van der Waals surface area contributed by atoms with Crippen LogP contribution in [-0.2, 0) is 11.2 Å². The predicted octanol–water partition coefficient (Wildman–Crippen LogP) is 4.33. The topological polar surface area (TPSA) is 125 Å². The molecular weight excluding hydrogens is 505 g/mol. The highest BCUT2D eigenvalue weighted by Crippen LogP contribution is 2.30. The average Bonchev–Trinajstić information content (AvgIpc) is 3.28. The maximum atomic E-state index is 13.9. The Morgan fingerprint density at radius 1 is 1.05 bits per heavy atom. The van der Waals surface area contributed by atoms with E-state index in [1.165, 1.54) is 12.1 Å². The number of aliphatic carboxylic acids is 1. The zero-order chi connectivity index (χ0) is 28.7. The van der Waals surface area contributed by atoms with Gasteiger partial charge < -0.3 is 25.0 Å². The number of aliphatic hydroxyl groups is 2. The van der Waals surface area contributed by atoms with Crippen LogP contribution in [0, 0.1) is 5.82 Å². The van der Waals surface area contributed by atoms with Crippen LogP contribution in [0.1, 0.15) is 67.7 Å². The number of amides is 1. The molecule has 2 unspecified atom stereocenters. The molecule has 1 aromatic heterocycles. The van der Waals surface area contributed by atoms with Crippen LogP contribution < -0.4 is 9.64 Å². The third-order valence-electron chi connectivity index (χ3n) is 6.49. The van der Waals surface area contributed by atoms with Crippen molar-refractivity contribution >= 4 is 17.6 Å². The molecule has 0 radical (unpaired) electrons. The number of carbonyl (C=O) groups excluding carboxylic acids is 1. The van der Waals surface area contributed by atoms with E-state index in [1.54, 1.807) is 53.1 Å². The molecule has 1 amide bonds. The number of methoxy groups -OCH3 is 1. The van der Waals surface area contributed by atoms with Gasteiger partial charge in [0.2, 0.25) is 0 Å². The standard InChI is InChI=1S/C29H36FN3O6/c1-5-32(20-10-13-24(39-4)14-11-20)29(38)28-27(18(2)3)25(15-12-22(34)16-23(35)17-26(36)37)33(31-28)21-8-6-19(30)7-9-21/h6-11,13-14,18,22-23,34-35H,5,12,15-17H2,1-4H3,(H,36,37). The number of anilines is 1. The van der Waals surface area contributed by atoms with Gasteiger partial charge in [-0.2, -0.15) is 5.10 Å². The maximum Gasteiger partial charge on any atom is 0.305 e. The fourth-order valence-electron chi connectivity index (χ4n) is 4.62. The number of hydrogen-bond acceptors (Lipinski definition) is 6. The fraction of sp³-hybridized carbons (Fsp3) is 0.414. The van der Waals surface area contributed by atoms with Crippen molar-refractivity contribution in [2.24, 2.45) is 0 Å². The van der Waals surface area contributed by atoms with Gasteiger partial charge in [0, 0.05) is 23.5 Å². The van der Waals surface area contributed by atoms with Gasteiger partial charge >= 0.3 is 5.97 Å². The molecule has 0 saturated carbocycles. The molecule has 210 valence electrons. The molecule has 0 aliphatic carbocycles. The van der Waals surface area contributed by atoms with E-state index in [1.807, 2.05) is 20.8 Å². The molecule has 39 heavy (non-hydrogen) atoms. The number of hydrogen-bond donors (Lipinski definition) is 3. The highest BCUT2D eigenvalue weighted by molar-refractivity contribution is 6.06. The highest BCUT2D eigenvalue weighted by atomic mass is 19.1. The van der Waals surface area contributed by atoms with Crippen LogP contribution in [0.3, 0.4) is 0 Å². The second kappa shape index (κ2) is 13.3. The molecule has 0 bridgehead atoms. The van der Waals surface area contributed by atoms with Crippen LogP contribution >= 0.6 is 0 Å². The lowest BCUT2D eigenvalue weighted by molar-refractivity contribution is -0.139. The first kappa shape index (κ1) is 29.8. The first-order chi connectivity index (χ1) is 18.5. The zero-order valence-corrected chi connectivity index (χ0v) is 22.7. The molecule has 10 heteroatoms. The minimum absolute atomic E-state index is 0.0964. The largest absolute Gasteiger partial charge is 0.497 e. The number of aliphatic hydroxyl groups excluding tert-OH is 2. The summed E-state index contributed by atoms with van der Waals surface area (Å²) in [5.74, 6) is -1.30. The molecule has 2 atom stereocenters. The summed E-state index contributed by atoms with van der Waals surface area (Å²) in [6, 6.07) is 12.9. The Morgan fingerprint density at radius 3 is 2.23 bits per heavy atom. The van der Waals surface area contributed by atoms with Crippen molar-refractivity contribution in [2.75, 3.05) is 18.6 Å². The van der Waals surface area contributed by atoms with Crippen molar-refractivity contribution in [3.8, 4) is 11.4 Å². The minimum atomic E-state index is -1.18. The quantitative estimate of drug-likeness (QED) is 0.294. The monoisotopic (exact) mass is 541 g/mol. The van der Waals surface area contributed by atoms with Crippen molar-refractivity contribution in [1.82, 2.24) is 9.78 Å². The Hall–Kier alpha value is -3.76. The first-order valence-electron chi connectivity index (χ1n) is 13.0. The second-order valence-electron chi connectivity index (χ2n) is 9.68. The molecule has 0 aliphatic rings. The van der Waals surface area contributed by atoms with E-state index < -0.39 is 30.4 Å². The minimum Gasteiger partial charge on any atom is -0.497 e. The summed E-state index contributed by atoms with van der Waals surface area (Å²) >= 11 is 0. The number of benzene rings is 2. The van der Waals surface area contributed by atoms with Gasteiger partial charge in [-0.1, -0.05) is 13.8 Å². The van der Waals surface area contributed by atoms with Crippen LogP contribution in [0.25, 0.3) is 5.69 Å². The molecule has 3 aromatic rings. The van der Waals surface area contributed by atoms with Crippen molar-refractivity contribution < 1.29 is 34.0 Å². The van der Waals surface area contributed by atoms with Crippen LogP contribution in [0.2, 0.25) is 0 Å². The third-order valence-corrected chi connectivity index (χ3v) is 6.49. The van der Waals surface area contributed by atoms with Crippen LogP contribution in [-0.4, -0.2) is 62.8 Å². The van der Waals surface area contributed by atoms with Gasteiger partial charge in [0.15, 0.2) is 5.69 Å². The SMILES string of the molecule is CCN(C(=O)c1nn(-c2ccc(F)cc2)c(CCC(O)CC(O)CC(=O)O)c1C(C)C)c1ccc(OC)cc1. The Labute approximate surface area is 227 Å². The Balaban J connectivity index is 2.02. The summed E-state index contributed by atoms with van der Waals surface area (Å²) in [5.41, 5.74) is 2.87. The molecule has 9 nitrogen and oxygen atoms in total. The van der Waals surface area contributed by atoms with Crippen molar-refractivity contribution in [3.63, 3.8) is 0 Å². The molecule has 3 N–H and O–H groups in total. The summed E-state index contributed by atoms with van der Waals surface area (Å²) in [6.45, 7) is 6.15. The molecule has 1 heterocycles. The first-order valence-corrected chi connectivity index (χ1v) is 13.0. The number of rotatable bonds is 13. The Bertz CT molecular complexity index is 1260. The number of halogens is 1. The molecule has 0 spiro atoms. The van der Waals surface area contributed by atoms with E-state index in [2.05, 4.69) is 0 Å². The lowest BCUT2D eigenvalue weighted by atomic mass is 9.95. The molecular formula is C29H36FN3O6. The molecule has 0 fully saturated rings. The van der Waals surface area contributed by atoms with Gasteiger partial charge in [-0.05, 0) is 80.6 Å². The molecule has 0 saturated heterocycles. The summed E-state index contributed by atoms with van der Waals surface area (Å²) < 4.78 is 20.5. The second-order valence-corrected chi connectivity index (χ2v) is 9.68. The average molecular weight is 542 g/mol. The van der Waals surface area contributed by atoms with E-state index in [-0.39, 0.29) is 30.4 Å². The van der Waals surface area contributed by atoms with Gasteiger partial charge in [0.25, 0.3) is 5.91 Å². The Morgan fingerprint density at radius 2 is 1.69 bits per heavy atom. The normalized spacial score (nSPS) is 12.8. The summed E-state index contributed by atoms with van der Waals surface area (Å²) in [6.07, 6.45) is -2.21. The van der Waals surface area contributed by atoms with Crippen molar-refractivity contribution in [2.45, 2.75) is 64.6 Å². The van der Waals surface area contributed by atoms with Gasteiger partial charge in [-0.3, -0.25) is 9.59 Å². The van der Waals surface area contributed by atoms with Crippen LogP contribution in [0.4, 0.5) is 10.1 Å².